The number of carbonyl (C=O) groups excluding carboxylic acids is 1. The van der Waals surface area contributed by atoms with Gasteiger partial charge in [-0.3, -0.25) is 4.79 Å². The molecule has 0 aliphatic carbocycles. The van der Waals surface area contributed by atoms with E-state index in [2.05, 4.69) is 15.9 Å². The van der Waals surface area contributed by atoms with Gasteiger partial charge in [-0.2, -0.15) is 13.2 Å². The Hall–Kier alpha value is -1.96. The van der Waals surface area contributed by atoms with Crippen molar-refractivity contribution in [1.82, 2.24) is 5.32 Å². The van der Waals surface area contributed by atoms with Crippen LogP contribution in [-0.2, 0) is 11.2 Å². The summed E-state index contributed by atoms with van der Waals surface area (Å²) in [6.07, 6.45) is -1.71. The van der Waals surface area contributed by atoms with E-state index in [0.717, 1.165) is 15.2 Å². The number of rotatable bonds is 3. The zero-order chi connectivity index (χ0) is 15.9. The summed E-state index contributed by atoms with van der Waals surface area (Å²) in [4.78, 5) is 10.9. The van der Waals surface area contributed by atoms with Gasteiger partial charge in [0.05, 0.1) is 17.0 Å². The first kappa shape index (κ1) is 15.0. The molecule has 0 spiro atoms. The molecule has 4 nitrogen and oxygen atoms in total. The highest BCUT2D eigenvalue weighted by Gasteiger charge is 2.38. The van der Waals surface area contributed by atoms with Crippen LogP contribution in [0.25, 0.3) is 21.9 Å². The Morgan fingerprint density at radius 1 is 1.14 bits per heavy atom. The number of halogens is 4. The van der Waals surface area contributed by atoms with Crippen molar-refractivity contribution in [1.29, 1.82) is 0 Å². The molecule has 0 fully saturated rings. The summed E-state index contributed by atoms with van der Waals surface area (Å²) < 4.78 is 48.1. The first-order chi connectivity index (χ1) is 10.4. The highest BCUT2D eigenvalue weighted by atomic mass is 79.9. The minimum Gasteiger partial charge on any atom is -0.464 e. The third kappa shape index (κ3) is 2.47. The van der Waals surface area contributed by atoms with Gasteiger partial charge in [0, 0.05) is 22.9 Å². The second kappa shape index (κ2) is 5.35. The third-order valence-electron chi connectivity index (χ3n) is 3.28. The molecule has 0 bridgehead atoms. The van der Waals surface area contributed by atoms with Gasteiger partial charge in [-0.1, -0.05) is 0 Å². The Bertz CT molecular complexity index is 798. The van der Waals surface area contributed by atoms with Crippen LogP contribution >= 0.6 is 15.9 Å². The second-order valence-corrected chi connectivity index (χ2v) is 5.42. The predicted octanol–water partition coefficient (Wildman–Crippen LogP) is 4.16. The molecule has 0 unspecified atom stereocenters. The molecule has 1 amide bonds. The molecule has 0 saturated heterocycles. The lowest BCUT2D eigenvalue weighted by Gasteiger charge is -2.09. The molecule has 1 N–H and O–H groups in total. The number of amides is 1. The van der Waals surface area contributed by atoms with Crippen LogP contribution in [0.2, 0.25) is 0 Å². The molecule has 22 heavy (non-hydrogen) atoms. The molecule has 0 atom stereocenters. The van der Waals surface area contributed by atoms with E-state index in [0.29, 0.717) is 16.7 Å². The number of furan rings is 2. The fourth-order valence-corrected chi connectivity index (χ4v) is 2.95. The zero-order valence-electron chi connectivity index (χ0n) is 11.0. The van der Waals surface area contributed by atoms with Gasteiger partial charge in [0.1, 0.15) is 11.2 Å². The molecule has 0 aliphatic rings. The van der Waals surface area contributed by atoms with Crippen LogP contribution < -0.4 is 5.32 Å². The maximum atomic E-state index is 12.2. The van der Waals surface area contributed by atoms with Crippen LogP contribution in [0.5, 0.6) is 0 Å². The largest absolute Gasteiger partial charge is 0.471 e. The Balaban J connectivity index is 1.92. The summed E-state index contributed by atoms with van der Waals surface area (Å²) >= 11 is 3.42. The number of carbonyl (C=O) groups is 1. The van der Waals surface area contributed by atoms with Crippen LogP contribution in [0.1, 0.15) is 5.56 Å². The first-order valence-corrected chi connectivity index (χ1v) is 7.08. The summed E-state index contributed by atoms with van der Waals surface area (Å²) in [5.74, 6) is -1.95. The topological polar surface area (TPSA) is 55.4 Å². The molecule has 2 heterocycles. The minimum atomic E-state index is -4.88. The monoisotopic (exact) mass is 375 g/mol. The number of benzene rings is 1. The molecule has 0 saturated carbocycles. The van der Waals surface area contributed by atoms with Gasteiger partial charge in [0.2, 0.25) is 0 Å². The summed E-state index contributed by atoms with van der Waals surface area (Å²) in [7, 11) is 0. The van der Waals surface area contributed by atoms with E-state index in [9.17, 15) is 18.0 Å². The SMILES string of the molecule is O=C(NCCc1c2ccoc2c(Br)c2ccoc12)C(F)(F)F. The number of hydrogen-bond acceptors (Lipinski definition) is 3. The van der Waals surface area contributed by atoms with E-state index in [-0.39, 0.29) is 13.0 Å². The van der Waals surface area contributed by atoms with Gasteiger partial charge < -0.3 is 14.2 Å². The van der Waals surface area contributed by atoms with Crippen molar-refractivity contribution in [2.24, 2.45) is 0 Å². The van der Waals surface area contributed by atoms with Crippen LogP contribution in [0.15, 0.2) is 38.0 Å². The van der Waals surface area contributed by atoms with Crippen molar-refractivity contribution in [2.75, 3.05) is 6.54 Å². The van der Waals surface area contributed by atoms with Crippen LogP contribution in [-0.4, -0.2) is 18.6 Å². The van der Waals surface area contributed by atoms with Gasteiger partial charge in [0.15, 0.2) is 0 Å². The van der Waals surface area contributed by atoms with E-state index in [1.54, 1.807) is 12.1 Å². The Morgan fingerprint density at radius 3 is 2.45 bits per heavy atom. The smallest absolute Gasteiger partial charge is 0.464 e. The van der Waals surface area contributed by atoms with E-state index in [1.165, 1.54) is 12.5 Å². The van der Waals surface area contributed by atoms with Gasteiger partial charge >= 0.3 is 12.1 Å². The predicted molar refractivity (Wildman–Crippen MR) is 76.5 cm³/mol. The van der Waals surface area contributed by atoms with Crippen molar-refractivity contribution >= 4 is 43.8 Å². The second-order valence-electron chi connectivity index (χ2n) is 4.62. The third-order valence-corrected chi connectivity index (χ3v) is 4.07. The fourth-order valence-electron chi connectivity index (χ4n) is 2.33. The number of alkyl halides is 3. The van der Waals surface area contributed by atoms with E-state index < -0.39 is 12.1 Å². The van der Waals surface area contributed by atoms with Gasteiger partial charge in [-0.15, -0.1) is 0 Å². The average molecular weight is 376 g/mol. The lowest BCUT2D eigenvalue weighted by atomic mass is 10.0. The van der Waals surface area contributed by atoms with Gasteiger partial charge in [-0.25, -0.2) is 0 Å². The highest BCUT2D eigenvalue weighted by molar-refractivity contribution is 9.10. The quantitative estimate of drug-likeness (QED) is 0.747. The van der Waals surface area contributed by atoms with Crippen LogP contribution in [0.4, 0.5) is 13.2 Å². The number of nitrogens with one attached hydrogen (secondary N) is 1. The lowest BCUT2D eigenvalue weighted by molar-refractivity contribution is -0.173. The molecule has 3 aromatic rings. The summed E-state index contributed by atoms with van der Waals surface area (Å²) in [5, 5.41) is 3.35. The van der Waals surface area contributed by atoms with Gasteiger partial charge in [0.25, 0.3) is 0 Å². The summed E-state index contributed by atoms with van der Waals surface area (Å²) in [6.45, 7) is -0.157. The average Bonchev–Trinajstić information content (AvgIpc) is 3.10. The van der Waals surface area contributed by atoms with E-state index in [1.807, 2.05) is 5.32 Å². The first-order valence-electron chi connectivity index (χ1n) is 6.29. The summed E-state index contributed by atoms with van der Waals surface area (Å²) in [5.41, 5.74) is 1.84. The van der Waals surface area contributed by atoms with Crippen molar-refractivity contribution in [2.45, 2.75) is 12.6 Å². The minimum absolute atomic E-state index is 0.157. The molecular formula is C14H9BrF3NO3. The Kier molecular flexibility index (Phi) is 3.64. The van der Waals surface area contributed by atoms with E-state index >= 15 is 0 Å². The summed E-state index contributed by atoms with van der Waals surface area (Å²) in [6, 6.07) is 3.45. The zero-order valence-corrected chi connectivity index (χ0v) is 12.5. The van der Waals surface area contributed by atoms with Crippen molar-refractivity contribution < 1.29 is 26.8 Å². The number of hydrogen-bond donors (Lipinski definition) is 1. The molecule has 0 aliphatic heterocycles. The lowest BCUT2D eigenvalue weighted by Crippen LogP contribution is -2.37. The van der Waals surface area contributed by atoms with Crippen molar-refractivity contribution in [3.8, 4) is 0 Å². The molecule has 3 rings (SSSR count). The standard InChI is InChI=1S/C14H9BrF3NO3/c15-10-9-3-6-21-11(9)7(8-2-5-22-12(8)10)1-4-19-13(20)14(16,17)18/h2-3,5-6H,1,4H2,(H,19,20). The maximum Gasteiger partial charge on any atom is 0.471 e. The van der Waals surface area contributed by atoms with Crippen LogP contribution in [0.3, 0.4) is 0 Å². The molecular weight excluding hydrogens is 367 g/mol. The molecule has 0 radical (unpaired) electrons. The molecule has 2 aromatic heterocycles. The Morgan fingerprint density at radius 2 is 1.77 bits per heavy atom. The molecule has 1 aromatic carbocycles. The fraction of sp³-hybridized carbons (Fsp3) is 0.214. The molecule has 8 heteroatoms. The molecule has 116 valence electrons. The highest BCUT2D eigenvalue weighted by Crippen LogP contribution is 2.37. The van der Waals surface area contributed by atoms with Crippen molar-refractivity contribution in [3.63, 3.8) is 0 Å². The van der Waals surface area contributed by atoms with Crippen LogP contribution in [0, 0.1) is 0 Å². The van der Waals surface area contributed by atoms with Gasteiger partial charge in [-0.05, 0) is 34.5 Å². The van der Waals surface area contributed by atoms with E-state index in [4.69, 9.17) is 8.83 Å². The number of fused-ring (bicyclic) bond motifs is 2. The normalized spacial score (nSPS) is 12.2. The maximum absolute atomic E-state index is 12.2. The Labute approximate surface area is 130 Å². The van der Waals surface area contributed by atoms with Crippen molar-refractivity contribution in [3.05, 3.63) is 34.7 Å².